The van der Waals surface area contributed by atoms with E-state index in [0.717, 1.165) is 35.0 Å². The van der Waals surface area contributed by atoms with E-state index in [2.05, 4.69) is 28.2 Å². The second-order valence-corrected chi connectivity index (χ2v) is 5.36. The maximum absolute atomic E-state index is 11.6. The Morgan fingerprint density at radius 3 is 2.72 bits per heavy atom. The van der Waals surface area contributed by atoms with Crippen LogP contribution in [0.15, 0.2) is 22.7 Å². The predicted molar refractivity (Wildman–Crippen MR) is 82.8 cm³/mol. The molecule has 98 valence electrons. The van der Waals surface area contributed by atoms with Crippen molar-refractivity contribution in [3.05, 3.63) is 28.2 Å². The van der Waals surface area contributed by atoms with Crippen LogP contribution < -0.4 is 11.1 Å². The number of halogens is 1. The van der Waals surface area contributed by atoms with Gasteiger partial charge in [0.05, 0.1) is 0 Å². The lowest BCUT2D eigenvalue weighted by Crippen LogP contribution is -2.13. The van der Waals surface area contributed by atoms with Crippen LogP contribution in [-0.4, -0.2) is 10.9 Å². The van der Waals surface area contributed by atoms with E-state index in [-0.39, 0.29) is 5.91 Å². The number of anilines is 1. The van der Waals surface area contributed by atoms with Crippen molar-refractivity contribution in [3.63, 3.8) is 0 Å². The minimum Gasteiger partial charge on any atom is -0.389 e. The van der Waals surface area contributed by atoms with E-state index in [0.29, 0.717) is 11.4 Å². The Balaban J connectivity index is 2.60. The molecule has 0 aromatic heterocycles. The van der Waals surface area contributed by atoms with Crippen LogP contribution in [0, 0.1) is 0 Å². The maximum atomic E-state index is 11.6. The zero-order valence-electron chi connectivity index (χ0n) is 10.3. The first kappa shape index (κ1) is 15.1. The van der Waals surface area contributed by atoms with Crippen LogP contribution in [0.5, 0.6) is 0 Å². The van der Waals surface area contributed by atoms with Crippen molar-refractivity contribution in [3.8, 4) is 0 Å². The first-order chi connectivity index (χ1) is 8.54. The molecule has 1 aromatic carbocycles. The number of benzene rings is 1. The summed E-state index contributed by atoms with van der Waals surface area (Å²) in [6, 6.07) is 5.41. The van der Waals surface area contributed by atoms with Gasteiger partial charge in [0, 0.05) is 22.1 Å². The largest absolute Gasteiger partial charge is 0.389 e. The molecule has 0 aliphatic heterocycles. The van der Waals surface area contributed by atoms with Crippen LogP contribution in [0.2, 0.25) is 0 Å². The molecule has 0 spiro atoms. The smallest absolute Gasteiger partial charge is 0.224 e. The Labute approximate surface area is 121 Å². The summed E-state index contributed by atoms with van der Waals surface area (Å²) in [4.78, 5) is 12.0. The maximum Gasteiger partial charge on any atom is 0.224 e. The van der Waals surface area contributed by atoms with Gasteiger partial charge >= 0.3 is 0 Å². The van der Waals surface area contributed by atoms with E-state index in [1.54, 1.807) is 12.1 Å². The molecule has 5 heteroatoms. The van der Waals surface area contributed by atoms with Crippen LogP contribution >= 0.6 is 28.1 Å². The molecule has 0 unspecified atom stereocenters. The SMILES string of the molecule is CCCCCC(=O)Nc1ccc(C(N)=S)c(Br)c1. The molecule has 18 heavy (non-hydrogen) atoms. The van der Waals surface area contributed by atoms with Gasteiger partial charge in [-0.25, -0.2) is 0 Å². The average molecular weight is 329 g/mol. The Morgan fingerprint density at radius 1 is 1.44 bits per heavy atom. The summed E-state index contributed by atoms with van der Waals surface area (Å²) in [6.07, 6.45) is 3.68. The van der Waals surface area contributed by atoms with Gasteiger partial charge in [-0.15, -0.1) is 0 Å². The third-order valence-electron chi connectivity index (χ3n) is 2.53. The van der Waals surface area contributed by atoms with Crippen molar-refractivity contribution in [2.45, 2.75) is 32.6 Å². The summed E-state index contributed by atoms with van der Waals surface area (Å²) in [5.74, 6) is 0.0402. The van der Waals surface area contributed by atoms with Gasteiger partial charge in [-0.2, -0.15) is 0 Å². The van der Waals surface area contributed by atoms with E-state index >= 15 is 0 Å². The van der Waals surface area contributed by atoms with Gasteiger partial charge in [-0.3, -0.25) is 4.79 Å². The molecule has 3 N–H and O–H groups in total. The van der Waals surface area contributed by atoms with Crippen LogP contribution in [0.4, 0.5) is 5.69 Å². The molecule has 1 amide bonds. The Kier molecular flexibility index (Phi) is 6.29. The minimum atomic E-state index is 0.0402. The molecule has 0 saturated heterocycles. The molecule has 0 aliphatic carbocycles. The quantitative estimate of drug-likeness (QED) is 0.619. The Morgan fingerprint density at radius 2 is 2.17 bits per heavy atom. The van der Waals surface area contributed by atoms with Gasteiger partial charge in [0.25, 0.3) is 0 Å². The highest BCUT2D eigenvalue weighted by atomic mass is 79.9. The summed E-state index contributed by atoms with van der Waals surface area (Å²) in [5, 5.41) is 2.85. The lowest BCUT2D eigenvalue weighted by atomic mass is 10.2. The summed E-state index contributed by atoms with van der Waals surface area (Å²) in [5.41, 5.74) is 7.09. The molecule has 1 rings (SSSR count). The van der Waals surface area contributed by atoms with Gasteiger partial charge in [-0.05, 0) is 40.5 Å². The molecule has 0 saturated carbocycles. The average Bonchev–Trinajstić information content (AvgIpc) is 2.28. The van der Waals surface area contributed by atoms with Crippen molar-refractivity contribution >= 4 is 44.7 Å². The monoisotopic (exact) mass is 328 g/mol. The molecule has 0 atom stereocenters. The zero-order valence-corrected chi connectivity index (χ0v) is 12.7. The van der Waals surface area contributed by atoms with Gasteiger partial charge < -0.3 is 11.1 Å². The number of thiocarbonyl (C=S) groups is 1. The molecule has 3 nitrogen and oxygen atoms in total. The number of rotatable bonds is 6. The summed E-state index contributed by atoms with van der Waals surface area (Å²) < 4.78 is 0.793. The van der Waals surface area contributed by atoms with Crippen molar-refractivity contribution in [1.29, 1.82) is 0 Å². The fourth-order valence-electron chi connectivity index (χ4n) is 1.55. The summed E-state index contributed by atoms with van der Waals surface area (Å²) in [7, 11) is 0. The van der Waals surface area contributed by atoms with Crippen LogP contribution in [0.1, 0.15) is 38.2 Å². The fraction of sp³-hybridized carbons (Fsp3) is 0.385. The number of nitrogens with two attached hydrogens (primary N) is 1. The normalized spacial score (nSPS) is 10.1. The predicted octanol–water partition coefficient (Wildman–Crippen LogP) is 3.60. The Hall–Kier alpha value is -0.940. The van der Waals surface area contributed by atoms with Gasteiger partial charge in [0.1, 0.15) is 4.99 Å². The third kappa shape index (κ3) is 4.74. The number of hydrogen-bond acceptors (Lipinski definition) is 2. The second kappa shape index (κ2) is 7.48. The summed E-state index contributed by atoms with van der Waals surface area (Å²) >= 11 is 8.29. The van der Waals surface area contributed by atoms with Crippen molar-refractivity contribution in [2.75, 3.05) is 5.32 Å². The highest BCUT2D eigenvalue weighted by Gasteiger charge is 2.06. The van der Waals surface area contributed by atoms with E-state index in [4.69, 9.17) is 18.0 Å². The van der Waals surface area contributed by atoms with Gasteiger partial charge in [0.2, 0.25) is 5.91 Å². The first-order valence-electron chi connectivity index (χ1n) is 5.93. The number of carbonyl (C=O) groups is 1. The molecule has 0 bridgehead atoms. The fourth-order valence-corrected chi connectivity index (χ4v) is 2.45. The standard InChI is InChI=1S/C13H17BrN2OS/c1-2-3-4-5-12(17)16-9-6-7-10(13(15)18)11(14)8-9/h6-8H,2-5H2,1H3,(H2,15,18)(H,16,17). The third-order valence-corrected chi connectivity index (χ3v) is 3.40. The number of hydrogen-bond donors (Lipinski definition) is 2. The molecule has 0 radical (unpaired) electrons. The van der Waals surface area contributed by atoms with E-state index in [1.807, 2.05) is 6.07 Å². The lowest BCUT2D eigenvalue weighted by molar-refractivity contribution is -0.116. The van der Waals surface area contributed by atoms with E-state index in [9.17, 15) is 4.79 Å². The number of unbranched alkanes of at least 4 members (excludes halogenated alkanes) is 2. The summed E-state index contributed by atoms with van der Waals surface area (Å²) in [6.45, 7) is 2.11. The van der Waals surface area contributed by atoms with Crippen molar-refractivity contribution in [1.82, 2.24) is 0 Å². The van der Waals surface area contributed by atoms with Crippen LogP contribution in [0.3, 0.4) is 0 Å². The van der Waals surface area contributed by atoms with Crippen LogP contribution in [0.25, 0.3) is 0 Å². The molecule has 0 aliphatic rings. The molecular formula is C13H17BrN2OS. The van der Waals surface area contributed by atoms with Gasteiger partial charge in [-0.1, -0.05) is 32.0 Å². The zero-order chi connectivity index (χ0) is 13.5. The molecule has 0 heterocycles. The first-order valence-corrected chi connectivity index (χ1v) is 7.14. The van der Waals surface area contributed by atoms with Crippen molar-refractivity contribution < 1.29 is 4.79 Å². The number of amides is 1. The van der Waals surface area contributed by atoms with E-state index < -0.39 is 0 Å². The minimum absolute atomic E-state index is 0.0402. The molecular weight excluding hydrogens is 312 g/mol. The molecule has 0 fully saturated rings. The van der Waals surface area contributed by atoms with E-state index in [1.165, 1.54) is 0 Å². The lowest BCUT2D eigenvalue weighted by Gasteiger charge is -2.08. The highest BCUT2D eigenvalue weighted by Crippen LogP contribution is 2.21. The highest BCUT2D eigenvalue weighted by molar-refractivity contribution is 9.10. The van der Waals surface area contributed by atoms with Crippen molar-refractivity contribution in [2.24, 2.45) is 5.73 Å². The number of nitrogens with one attached hydrogen (secondary N) is 1. The van der Waals surface area contributed by atoms with Crippen LogP contribution in [-0.2, 0) is 4.79 Å². The number of carbonyl (C=O) groups excluding carboxylic acids is 1. The molecule has 1 aromatic rings. The van der Waals surface area contributed by atoms with Gasteiger partial charge in [0.15, 0.2) is 0 Å². The topological polar surface area (TPSA) is 55.1 Å². The second-order valence-electron chi connectivity index (χ2n) is 4.06. The Bertz CT molecular complexity index is 449.